The van der Waals surface area contributed by atoms with Gasteiger partial charge in [0.2, 0.25) is 5.91 Å². The van der Waals surface area contributed by atoms with Crippen LogP contribution in [-0.2, 0) is 4.79 Å². The maximum absolute atomic E-state index is 12.6. The Balaban J connectivity index is 1.48. The Morgan fingerprint density at radius 3 is 2.47 bits per heavy atom. The molecule has 168 valence electrons. The zero-order chi connectivity index (χ0) is 22.6. The molecule has 1 aliphatic carbocycles. The molecule has 1 N–H and O–H groups in total. The molecule has 1 saturated carbocycles. The fourth-order valence-corrected chi connectivity index (χ4v) is 5.11. The molecule has 2 aliphatic rings. The number of benzene rings is 2. The number of hydrogen-bond donors (Lipinski definition) is 1. The van der Waals surface area contributed by atoms with Crippen molar-refractivity contribution in [3.05, 3.63) is 53.1 Å². The number of carbonyl (C=O) groups is 1. The first-order valence-corrected chi connectivity index (χ1v) is 12.0. The van der Waals surface area contributed by atoms with Crippen LogP contribution < -0.4 is 14.8 Å². The molecular formula is C24H26ClN3O3S. The third-order valence-electron chi connectivity index (χ3n) is 5.63. The molecule has 8 heteroatoms. The minimum Gasteiger partial charge on any atom is -0.497 e. The first kappa shape index (κ1) is 22.7. The van der Waals surface area contributed by atoms with Gasteiger partial charge in [-0.05, 0) is 68.1 Å². The van der Waals surface area contributed by atoms with E-state index in [2.05, 4.69) is 5.32 Å². The maximum Gasteiger partial charge on any atom is 0.234 e. The quantitative estimate of drug-likeness (QED) is 0.596. The Bertz CT molecular complexity index is 1050. The molecule has 32 heavy (non-hydrogen) atoms. The van der Waals surface area contributed by atoms with Crippen molar-refractivity contribution >= 4 is 45.7 Å². The van der Waals surface area contributed by atoms with Gasteiger partial charge in [0.05, 0.1) is 30.7 Å². The lowest BCUT2D eigenvalue weighted by Gasteiger charge is -2.27. The molecule has 1 fully saturated rings. The summed E-state index contributed by atoms with van der Waals surface area (Å²) in [7, 11) is 3.20. The summed E-state index contributed by atoms with van der Waals surface area (Å²) in [6.45, 7) is 0. The van der Waals surface area contributed by atoms with E-state index >= 15 is 0 Å². The van der Waals surface area contributed by atoms with Crippen LogP contribution in [0.3, 0.4) is 0 Å². The second kappa shape index (κ2) is 9.96. The van der Waals surface area contributed by atoms with E-state index in [9.17, 15) is 4.79 Å². The highest BCUT2D eigenvalue weighted by atomic mass is 35.5. The second-order valence-corrected chi connectivity index (χ2v) is 9.21. The lowest BCUT2D eigenvalue weighted by Crippen LogP contribution is -2.25. The van der Waals surface area contributed by atoms with Gasteiger partial charge in [-0.3, -0.25) is 9.79 Å². The summed E-state index contributed by atoms with van der Waals surface area (Å²) in [5, 5.41) is 4.16. The smallest absolute Gasteiger partial charge is 0.234 e. The van der Waals surface area contributed by atoms with E-state index in [0.717, 1.165) is 47.8 Å². The summed E-state index contributed by atoms with van der Waals surface area (Å²) in [4.78, 5) is 22.7. The third kappa shape index (κ3) is 5.10. The van der Waals surface area contributed by atoms with Gasteiger partial charge in [0.25, 0.3) is 0 Å². The van der Waals surface area contributed by atoms with Gasteiger partial charge in [0.1, 0.15) is 16.5 Å². The monoisotopic (exact) mass is 471 g/mol. The number of nitrogens with zero attached hydrogens (tertiary/aromatic N) is 2. The average Bonchev–Trinajstić information content (AvgIpc) is 3.16. The molecule has 0 aromatic heterocycles. The van der Waals surface area contributed by atoms with Gasteiger partial charge >= 0.3 is 0 Å². The Hall–Kier alpha value is -2.51. The van der Waals surface area contributed by atoms with Gasteiger partial charge in [-0.15, -0.1) is 0 Å². The van der Waals surface area contributed by atoms with Crippen molar-refractivity contribution in [1.29, 1.82) is 0 Å². The third-order valence-corrected chi connectivity index (χ3v) is 6.89. The molecule has 2 aromatic carbocycles. The van der Waals surface area contributed by atoms with Crippen molar-refractivity contribution in [3.8, 4) is 11.5 Å². The predicted octanol–water partition coefficient (Wildman–Crippen LogP) is 5.59. The summed E-state index contributed by atoms with van der Waals surface area (Å²) in [5.74, 6) is 1.46. The number of rotatable bonds is 6. The fourth-order valence-electron chi connectivity index (χ4n) is 3.98. The Morgan fingerprint density at radius 2 is 1.81 bits per heavy atom. The normalized spacial score (nSPS) is 17.0. The van der Waals surface area contributed by atoms with Gasteiger partial charge in [-0.2, -0.15) is 0 Å². The Labute approximate surface area is 197 Å². The van der Waals surface area contributed by atoms with E-state index in [1.165, 1.54) is 18.2 Å². The number of halogens is 1. The van der Waals surface area contributed by atoms with Gasteiger partial charge in [-0.1, -0.05) is 29.8 Å². The first-order valence-electron chi connectivity index (χ1n) is 10.6. The zero-order valence-electron chi connectivity index (χ0n) is 18.2. The summed E-state index contributed by atoms with van der Waals surface area (Å²) in [5.41, 5.74) is 2.10. The van der Waals surface area contributed by atoms with Gasteiger partial charge in [0, 0.05) is 11.3 Å². The number of amides is 1. The molecule has 0 unspecified atom stereocenters. The second-order valence-electron chi connectivity index (χ2n) is 7.84. The molecular weight excluding hydrogens is 446 g/mol. The lowest BCUT2D eigenvalue weighted by atomic mass is 9.90. The van der Waals surface area contributed by atoms with Crippen molar-refractivity contribution in [3.63, 3.8) is 0 Å². The molecule has 0 atom stereocenters. The molecule has 1 amide bonds. The van der Waals surface area contributed by atoms with Crippen LogP contribution >= 0.6 is 23.4 Å². The van der Waals surface area contributed by atoms with Crippen molar-refractivity contribution in [2.45, 2.75) is 37.8 Å². The van der Waals surface area contributed by atoms with Crippen molar-refractivity contribution in [1.82, 2.24) is 0 Å². The van der Waals surface area contributed by atoms with Crippen LogP contribution in [-0.4, -0.2) is 42.3 Å². The van der Waals surface area contributed by atoms with Crippen LogP contribution in [0.2, 0.25) is 5.02 Å². The largest absolute Gasteiger partial charge is 0.497 e. The number of anilines is 1. The minimum atomic E-state index is -0.379. The fraction of sp³-hybridized carbons (Fsp3) is 0.375. The van der Waals surface area contributed by atoms with Crippen LogP contribution in [0.1, 0.15) is 37.7 Å². The number of carbonyl (C=O) groups excluding carboxylic acids is 1. The number of aliphatic imine (C=N–C) groups is 2. The number of nitrogens with one attached hydrogen (secondary N) is 1. The summed E-state index contributed by atoms with van der Waals surface area (Å²) in [6.07, 6.45) is 5.37. The van der Waals surface area contributed by atoms with Crippen LogP contribution in [0.25, 0.3) is 0 Å². The highest BCUT2D eigenvalue weighted by molar-refractivity contribution is 8.16. The number of ether oxygens (including phenoxy) is 2. The van der Waals surface area contributed by atoms with Crippen LogP contribution in [0.4, 0.5) is 5.69 Å². The topological polar surface area (TPSA) is 72.3 Å². The summed E-state index contributed by atoms with van der Waals surface area (Å²) in [6, 6.07) is 13.0. The Kier molecular flexibility index (Phi) is 7.06. The molecule has 1 spiro atoms. The van der Waals surface area contributed by atoms with Crippen LogP contribution in [0.5, 0.6) is 11.5 Å². The van der Waals surface area contributed by atoms with E-state index in [4.69, 9.17) is 31.1 Å². The molecule has 0 saturated heterocycles. The highest BCUT2D eigenvalue weighted by Crippen LogP contribution is 2.39. The van der Waals surface area contributed by atoms with Gasteiger partial charge in [-0.25, -0.2) is 4.99 Å². The molecule has 1 heterocycles. The van der Waals surface area contributed by atoms with Crippen LogP contribution in [0, 0.1) is 0 Å². The molecule has 2 aromatic rings. The Morgan fingerprint density at radius 1 is 1.06 bits per heavy atom. The van der Waals surface area contributed by atoms with Crippen LogP contribution in [0.15, 0.2) is 52.4 Å². The molecule has 0 radical (unpaired) electrons. The number of methoxy groups -OCH3 is 2. The van der Waals surface area contributed by atoms with Crippen molar-refractivity contribution < 1.29 is 14.3 Å². The highest BCUT2D eigenvalue weighted by Gasteiger charge is 2.37. The van der Waals surface area contributed by atoms with Gasteiger partial charge in [0.15, 0.2) is 5.66 Å². The minimum absolute atomic E-state index is 0.127. The molecule has 1 aliphatic heterocycles. The standard InChI is InChI=1S/C24H26ClN3O3S/c1-30-18-9-6-16(7-10-18)22-23(28-24(27-22)12-4-3-5-13-24)32-15-21(29)26-17-8-11-20(31-2)19(25)14-17/h6-11,14H,3-5,12-13,15H2,1-2H3,(H,26,29). The predicted molar refractivity (Wildman–Crippen MR) is 132 cm³/mol. The van der Waals surface area contributed by atoms with Crippen molar-refractivity contribution in [2.75, 3.05) is 25.3 Å². The van der Waals surface area contributed by atoms with E-state index in [1.54, 1.807) is 32.4 Å². The SMILES string of the molecule is COc1ccc(C2=NC3(CCCCC3)N=C2SCC(=O)Nc2ccc(OC)c(Cl)c2)cc1. The number of hydrogen-bond acceptors (Lipinski definition) is 6. The molecule has 0 bridgehead atoms. The maximum atomic E-state index is 12.6. The number of thioether (sulfide) groups is 1. The average molecular weight is 472 g/mol. The molecule has 4 rings (SSSR count). The zero-order valence-corrected chi connectivity index (χ0v) is 19.8. The van der Waals surface area contributed by atoms with E-state index in [0.29, 0.717) is 16.5 Å². The summed E-state index contributed by atoms with van der Waals surface area (Å²) >= 11 is 7.58. The van der Waals surface area contributed by atoms with E-state index < -0.39 is 0 Å². The van der Waals surface area contributed by atoms with E-state index in [-0.39, 0.29) is 17.3 Å². The molecule has 6 nitrogen and oxygen atoms in total. The van der Waals surface area contributed by atoms with Gasteiger partial charge < -0.3 is 14.8 Å². The summed E-state index contributed by atoms with van der Waals surface area (Å²) < 4.78 is 10.4. The van der Waals surface area contributed by atoms with E-state index in [1.807, 2.05) is 24.3 Å². The first-order chi connectivity index (χ1) is 15.5. The van der Waals surface area contributed by atoms with Crippen molar-refractivity contribution in [2.24, 2.45) is 9.98 Å². The lowest BCUT2D eigenvalue weighted by molar-refractivity contribution is -0.113.